The molecule has 0 aliphatic carbocycles. The van der Waals surface area contributed by atoms with Crippen molar-refractivity contribution in [3.63, 3.8) is 0 Å². The minimum atomic E-state index is 0.896. The highest BCUT2D eigenvalue weighted by molar-refractivity contribution is 9.11. The van der Waals surface area contributed by atoms with Crippen LogP contribution in [0.3, 0.4) is 0 Å². The summed E-state index contributed by atoms with van der Waals surface area (Å²) in [5, 5.41) is 4.30. The Morgan fingerprint density at radius 1 is 1.21 bits per heavy atom. The molecular formula is C14H14Br2N2S. The van der Waals surface area contributed by atoms with E-state index >= 15 is 0 Å². The molecule has 0 atom stereocenters. The molecule has 0 radical (unpaired) electrons. The summed E-state index contributed by atoms with van der Waals surface area (Å²) in [5.74, 6) is 0. The first-order chi connectivity index (χ1) is 9.20. The first-order valence-corrected chi connectivity index (χ1v) is 8.38. The number of halogens is 2. The van der Waals surface area contributed by atoms with Crippen molar-refractivity contribution in [3.8, 4) is 0 Å². The van der Waals surface area contributed by atoms with Gasteiger partial charge in [0.1, 0.15) is 5.03 Å². The number of hydrogen-bond acceptors (Lipinski definition) is 3. The topological polar surface area (TPSA) is 24.9 Å². The van der Waals surface area contributed by atoms with E-state index in [0.717, 1.165) is 27.1 Å². The number of nitrogens with one attached hydrogen (secondary N) is 1. The molecule has 19 heavy (non-hydrogen) atoms. The summed E-state index contributed by atoms with van der Waals surface area (Å²) in [4.78, 5) is 5.54. The Kier molecular flexibility index (Phi) is 5.88. The molecule has 2 aromatic rings. The summed E-state index contributed by atoms with van der Waals surface area (Å²) in [5.41, 5.74) is 1.28. The molecule has 1 aromatic carbocycles. The van der Waals surface area contributed by atoms with Crippen LogP contribution < -0.4 is 5.32 Å². The fourth-order valence-electron chi connectivity index (χ4n) is 1.56. The van der Waals surface area contributed by atoms with Gasteiger partial charge in [0.2, 0.25) is 0 Å². The van der Waals surface area contributed by atoms with E-state index in [4.69, 9.17) is 0 Å². The van der Waals surface area contributed by atoms with E-state index in [9.17, 15) is 0 Å². The molecule has 0 saturated carbocycles. The van der Waals surface area contributed by atoms with Crippen LogP contribution in [0.4, 0.5) is 0 Å². The summed E-state index contributed by atoms with van der Waals surface area (Å²) < 4.78 is 2.12. The SMILES string of the molecule is CCNCc1ccc(Sc2ncccc2Br)c(Br)c1. The monoisotopic (exact) mass is 400 g/mol. The number of hydrogen-bond donors (Lipinski definition) is 1. The van der Waals surface area contributed by atoms with Crippen molar-refractivity contribution in [1.29, 1.82) is 0 Å². The average molecular weight is 402 g/mol. The van der Waals surface area contributed by atoms with Gasteiger partial charge in [-0.05, 0) is 68.2 Å². The first-order valence-electron chi connectivity index (χ1n) is 5.98. The van der Waals surface area contributed by atoms with E-state index in [1.165, 1.54) is 10.5 Å². The van der Waals surface area contributed by atoms with Crippen LogP contribution in [0, 0.1) is 0 Å². The molecule has 5 heteroatoms. The Morgan fingerprint density at radius 2 is 2.05 bits per heavy atom. The minimum Gasteiger partial charge on any atom is -0.313 e. The van der Waals surface area contributed by atoms with E-state index in [0.29, 0.717) is 0 Å². The Morgan fingerprint density at radius 3 is 2.74 bits per heavy atom. The van der Waals surface area contributed by atoms with Crippen LogP contribution in [0.1, 0.15) is 12.5 Å². The van der Waals surface area contributed by atoms with Gasteiger partial charge in [0, 0.05) is 22.1 Å². The lowest BCUT2D eigenvalue weighted by Gasteiger charge is -2.08. The lowest BCUT2D eigenvalue weighted by atomic mass is 10.2. The highest BCUT2D eigenvalue weighted by Gasteiger charge is 2.07. The van der Waals surface area contributed by atoms with Crippen LogP contribution in [0.25, 0.3) is 0 Å². The standard InChI is InChI=1S/C14H14Br2N2S/c1-2-17-9-10-5-6-13(12(16)8-10)19-14-11(15)4-3-7-18-14/h3-8,17H,2,9H2,1H3. The van der Waals surface area contributed by atoms with E-state index in [2.05, 4.69) is 67.3 Å². The summed E-state index contributed by atoms with van der Waals surface area (Å²) in [6, 6.07) is 10.3. The average Bonchev–Trinajstić information content (AvgIpc) is 2.41. The Balaban J connectivity index is 2.15. The highest BCUT2D eigenvalue weighted by atomic mass is 79.9. The van der Waals surface area contributed by atoms with Gasteiger partial charge in [-0.15, -0.1) is 0 Å². The maximum Gasteiger partial charge on any atom is 0.115 e. The zero-order chi connectivity index (χ0) is 13.7. The van der Waals surface area contributed by atoms with Crippen molar-refractivity contribution in [3.05, 3.63) is 51.0 Å². The first kappa shape index (κ1) is 15.0. The lowest BCUT2D eigenvalue weighted by Crippen LogP contribution is -2.11. The largest absolute Gasteiger partial charge is 0.313 e. The van der Waals surface area contributed by atoms with Gasteiger partial charge in [0.05, 0.1) is 4.47 Å². The van der Waals surface area contributed by atoms with Crippen molar-refractivity contribution in [2.75, 3.05) is 6.54 Å². The molecule has 0 spiro atoms. The number of benzene rings is 1. The van der Waals surface area contributed by atoms with E-state index in [1.807, 2.05) is 12.1 Å². The van der Waals surface area contributed by atoms with Gasteiger partial charge in [-0.2, -0.15) is 0 Å². The number of nitrogens with zero attached hydrogens (tertiary/aromatic N) is 1. The Labute approximate surface area is 134 Å². The molecule has 100 valence electrons. The highest BCUT2D eigenvalue weighted by Crippen LogP contribution is 2.36. The van der Waals surface area contributed by atoms with Gasteiger partial charge < -0.3 is 5.32 Å². The van der Waals surface area contributed by atoms with Crippen LogP contribution >= 0.6 is 43.6 Å². The second-order valence-electron chi connectivity index (χ2n) is 3.94. The van der Waals surface area contributed by atoms with Crippen LogP contribution in [0.5, 0.6) is 0 Å². The zero-order valence-corrected chi connectivity index (χ0v) is 14.5. The maximum absolute atomic E-state index is 4.37. The van der Waals surface area contributed by atoms with Crippen molar-refractivity contribution in [1.82, 2.24) is 10.3 Å². The van der Waals surface area contributed by atoms with Crippen LogP contribution in [-0.2, 0) is 6.54 Å². The maximum atomic E-state index is 4.37. The van der Waals surface area contributed by atoms with Gasteiger partial charge in [-0.1, -0.05) is 24.8 Å². The third-order valence-corrected chi connectivity index (χ3v) is 5.42. The van der Waals surface area contributed by atoms with Crippen molar-refractivity contribution in [2.24, 2.45) is 0 Å². The summed E-state index contributed by atoms with van der Waals surface area (Å²) >= 11 is 8.80. The van der Waals surface area contributed by atoms with Crippen LogP contribution in [-0.4, -0.2) is 11.5 Å². The van der Waals surface area contributed by atoms with Gasteiger partial charge in [-0.25, -0.2) is 4.98 Å². The quantitative estimate of drug-likeness (QED) is 0.773. The number of aromatic nitrogens is 1. The number of rotatable bonds is 5. The van der Waals surface area contributed by atoms with E-state index < -0.39 is 0 Å². The predicted octanol–water partition coefficient (Wildman–Crippen LogP) is 4.87. The third kappa shape index (κ3) is 4.31. The molecule has 0 amide bonds. The zero-order valence-electron chi connectivity index (χ0n) is 10.5. The second-order valence-corrected chi connectivity index (χ2v) is 6.68. The summed E-state index contributed by atoms with van der Waals surface area (Å²) in [6.07, 6.45) is 1.81. The van der Waals surface area contributed by atoms with Gasteiger partial charge in [0.15, 0.2) is 0 Å². The normalized spacial score (nSPS) is 10.7. The molecule has 0 aliphatic rings. The molecule has 0 unspecified atom stereocenters. The van der Waals surface area contributed by atoms with E-state index in [-0.39, 0.29) is 0 Å². The molecule has 1 aromatic heterocycles. The van der Waals surface area contributed by atoms with Gasteiger partial charge >= 0.3 is 0 Å². The summed E-state index contributed by atoms with van der Waals surface area (Å²) in [6.45, 7) is 3.99. The van der Waals surface area contributed by atoms with E-state index in [1.54, 1.807) is 18.0 Å². The predicted molar refractivity (Wildman–Crippen MR) is 87.6 cm³/mol. The molecule has 0 aliphatic heterocycles. The smallest absolute Gasteiger partial charge is 0.115 e. The van der Waals surface area contributed by atoms with Crippen molar-refractivity contribution in [2.45, 2.75) is 23.4 Å². The van der Waals surface area contributed by atoms with Crippen molar-refractivity contribution < 1.29 is 0 Å². The number of pyridine rings is 1. The molecule has 0 saturated heterocycles. The van der Waals surface area contributed by atoms with Crippen LogP contribution in [0.2, 0.25) is 0 Å². The van der Waals surface area contributed by atoms with Crippen molar-refractivity contribution >= 4 is 43.6 Å². The lowest BCUT2D eigenvalue weighted by molar-refractivity contribution is 0.726. The second kappa shape index (κ2) is 7.43. The molecule has 0 bridgehead atoms. The van der Waals surface area contributed by atoms with Crippen LogP contribution in [0.15, 0.2) is 55.4 Å². The summed E-state index contributed by atoms with van der Waals surface area (Å²) in [7, 11) is 0. The fraction of sp³-hybridized carbons (Fsp3) is 0.214. The Hall–Kier alpha value is -0.360. The Bertz CT molecular complexity index is 561. The molecule has 1 N–H and O–H groups in total. The molecular weight excluding hydrogens is 388 g/mol. The molecule has 1 heterocycles. The molecule has 0 fully saturated rings. The minimum absolute atomic E-state index is 0.896. The third-order valence-electron chi connectivity index (χ3n) is 2.51. The van der Waals surface area contributed by atoms with Gasteiger partial charge in [0.25, 0.3) is 0 Å². The van der Waals surface area contributed by atoms with Gasteiger partial charge in [-0.3, -0.25) is 0 Å². The molecule has 2 rings (SSSR count). The molecule has 2 nitrogen and oxygen atoms in total. The fourth-order valence-corrected chi connectivity index (χ4v) is 3.50.